The van der Waals surface area contributed by atoms with Gasteiger partial charge in [-0.05, 0) is 42.4 Å². The van der Waals surface area contributed by atoms with E-state index in [-0.39, 0.29) is 6.04 Å². The number of hydrogen-bond acceptors (Lipinski definition) is 3. The molecule has 144 valence electrons. The first kappa shape index (κ1) is 19.7. The maximum atomic E-state index is 5.60. The molecule has 4 nitrogen and oxygen atoms in total. The maximum absolute atomic E-state index is 5.60. The predicted octanol–water partition coefficient (Wildman–Crippen LogP) is 5.09. The summed E-state index contributed by atoms with van der Waals surface area (Å²) in [6.45, 7) is 2.09. The van der Waals surface area contributed by atoms with Gasteiger partial charge in [-0.25, -0.2) is 0 Å². The number of methoxy groups -OCH3 is 2. The van der Waals surface area contributed by atoms with Crippen LogP contribution in [-0.4, -0.2) is 19.3 Å². The molecule has 3 rings (SSSR count). The summed E-state index contributed by atoms with van der Waals surface area (Å²) < 4.78 is 10.7. The van der Waals surface area contributed by atoms with Crippen molar-refractivity contribution in [2.24, 2.45) is 0 Å². The lowest BCUT2D eigenvalue weighted by molar-refractivity contribution is 0.395. The Bertz CT molecular complexity index is 944. The lowest BCUT2D eigenvalue weighted by Crippen LogP contribution is -2.33. The summed E-state index contributed by atoms with van der Waals surface area (Å²) >= 11 is 5.60. The predicted molar refractivity (Wildman–Crippen MR) is 118 cm³/mol. The largest absolute Gasteiger partial charge is 0.497 e. The molecule has 0 amide bonds. The number of benzene rings is 3. The first-order valence-corrected chi connectivity index (χ1v) is 9.42. The van der Waals surface area contributed by atoms with E-state index < -0.39 is 0 Å². The third-order valence-corrected chi connectivity index (χ3v) is 4.66. The van der Waals surface area contributed by atoms with Crippen LogP contribution in [0.2, 0.25) is 0 Å². The van der Waals surface area contributed by atoms with Crippen molar-refractivity contribution in [3.05, 3.63) is 89.5 Å². The Kier molecular flexibility index (Phi) is 6.50. The number of anilines is 1. The van der Waals surface area contributed by atoms with Crippen LogP contribution in [0.1, 0.15) is 22.7 Å². The number of rotatable bonds is 6. The quantitative estimate of drug-likeness (QED) is 0.572. The minimum Gasteiger partial charge on any atom is -0.497 e. The number of hydrogen-bond donors (Lipinski definition) is 2. The molecular formula is C23H24N2O2S. The normalized spacial score (nSPS) is 11.4. The highest BCUT2D eigenvalue weighted by Crippen LogP contribution is 2.29. The van der Waals surface area contributed by atoms with E-state index >= 15 is 0 Å². The fourth-order valence-electron chi connectivity index (χ4n) is 3.05. The number of ether oxygens (including phenoxy) is 2. The Labute approximate surface area is 171 Å². The molecule has 0 radical (unpaired) electrons. The van der Waals surface area contributed by atoms with E-state index in [1.807, 2.05) is 36.4 Å². The number of nitrogens with one attached hydrogen (secondary N) is 2. The highest BCUT2D eigenvalue weighted by molar-refractivity contribution is 7.80. The van der Waals surface area contributed by atoms with Gasteiger partial charge in [-0.1, -0.05) is 60.2 Å². The van der Waals surface area contributed by atoms with Crippen molar-refractivity contribution >= 4 is 23.0 Å². The molecule has 0 aromatic heterocycles. The van der Waals surface area contributed by atoms with Crippen LogP contribution in [0.15, 0.2) is 72.8 Å². The third kappa shape index (κ3) is 4.81. The molecule has 3 aromatic rings. The maximum Gasteiger partial charge on any atom is 0.171 e. The van der Waals surface area contributed by atoms with Gasteiger partial charge in [0.1, 0.15) is 11.5 Å². The summed E-state index contributed by atoms with van der Waals surface area (Å²) in [5.74, 6) is 1.39. The SMILES string of the molecule is COc1ccc(NC(=S)N[C@H](c2ccccc2)c2cccc(C)c2)c(OC)c1. The van der Waals surface area contributed by atoms with Crippen molar-refractivity contribution in [3.63, 3.8) is 0 Å². The van der Waals surface area contributed by atoms with E-state index in [4.69, 9.17) is 21.7 Å². The molecule has 0 spiro atoms. The zero-order valence-corrected chi connectivity index (χ0v) is 17.0. The molecule has 0 saturated carbocycles. The minimum atomic E-state index is -0.0645. The highest BCUT2D eigenvalue weighted by Gasteiger charge is 2.16. The highest BCUT2D eigenvalue weighted by atomic mass is 32.1. The van der Waals surface area contributed by atoms with Gasteiger partial charge in [0.15, 0.2) is 5.11 Å². The molecule has 0 aliphatic heterocycles. The second-order valence-corrected chi connectivity index (χ2v) is 6.83. The molecular weight excluding hydrogens is 368 g/mol. The molecule has 0 saturated heterocycles. The average Bonchev–Trinajstić information content (AvgIpc) is 2.73. The molecule has 0 aliphatic carbocycles. The zero-order valence-electron chi connectivity index (χ0n) is 16.2. The fourth-order valence-corrected chi connectivity index (χ4v) is 3.27. The van der Waals surface area contributed by atoms with Crippen LogP contribution in [0, 0.1) is 6.92 Å². The standard InChI is InChI=1S/C23H24N2O2S/c1-16-8-7-11-18(14-16)22(17-9-5-4-6-10-17)25-23(28)24-20-13-12-19(26-2)15-21(20)27-3/h4-15,22H,1-3H3,(H2,24,25,28)/t22-/m1/s1. The fraction of sp³-hybridized carbons (Fsp3) is 0.174. The lowest BCUT2D eigenvalue weighted by atomic mass is 9.97. The molecule has 28 heavy (non-hydrogen) atoms. The van der Waals surface area contributed by atoms with E-state index in [9.17, 15) is 0 Å². The van der Waals surface area contributed by atoms with Crippen LogP contribution in [0.5, 0.6) is 11.5 Å². The van der Waals surface area contributed by atoms with Crippen molar-refractivity contribution in [1.82, 2.24) is 5.32 Å². The van der Waals surface area contributed by atoms with Crippen LogP contribution in [0.25, 0.3) is 0 Å². The van der Waals surface area contributed by atoms with Gasteiger partial charge in [0.05, 0.1) is 25.9 Å². The van der Waals surface area contributed by atoms with Gasteiger partial charge in [-0.2, -0.15) is 0 Å². The van der Waals surface area contributed by atoms with Crippen LogP contribution < -0.4 is 20.1 Å². The molecule has 0 unspecified atom stereocenters. The molecule has 3 aromatic carbocycles. The van der Waals surface area contributed by atoms with Crippen molar-refractivity contribution in [3.8, 4) is 11.5 Å². The Morgan fingerprint density at radius 1 is 0.857 bits per heavy atom. The Balaban J connectivity index is 1.84. The van der Waals surface area contributed by atoms with Crippen molar-refractivity contribution < 1.29 is 9.47 Å². The first-order valence-electron chi connectivity index (χ1n) is 9.01. The summed E-state index contributed by atoms with van der Waals surface area (Å²) in [5.41, 5.74) is 4.27. The first-order chi connectivity index (χ1) is 13.6. The third-order valence-electron chi connectivity index (χ3n) is 4.44. The van der Waals surface area contributed by atoms with Gasteiger partial charge in [-0.3, -0.25) is 0 Å². The molecule has 1 atom stereocenters. The monoisotopic (exact) mass is 392 g/mol. The summed E-state index contributed by atoms with van der Waals surface area (Å²) in [5, 5.41) is 7.19. The van der Waals surface area contributed by atoms with Gasteiger partial charge in [0.25, 0.3) is 0 Å². The molecule has 0 fully saturated rings. The van der Waals surface area contributed by atoms with E-state index in [0.717, 1.165) is 22.6 Å². The molecule has 5 heteroatoms. The Morgan fingerprint density at radius 3 is 2.29 bits per heavy atom. The second kappa shape index (κ2) is 9.24. The van der Waals surface area contributed by atoms with Gasteiger partial charge >= 0.3 is 0 Å². The van der Waals surface area contributed by atoms with Gasteiger partial charge in [0.2, 0.25) is 0 Å². The zero-order chi connectivity index (χ0) is 19.9. The van der Waals surface area contributed by atoms with Crippen molar-refractivity contribution in [2.75, 3.05) is 19.5 Å². The van der Waals surface area contributed by atoms with E-state index in [0.29, 0.717) is 10.9 Å². The average molecular weight is 393 g/mol. The summed E-state index contributed by atoms with van der Waals surface area (Å²) in [4.78, 5) is 0. The molecule has 0 bridgehead atoms. The lowest BCUT2D eigenvalue weighted by Gasteiger charge is -2.23. The molecule has 0 heterocycles. The summed E-state index contributed by atoms with van der Waals surface area (Å²) in [6, 6.07) is 24.2. The molecule has 2 N–H and O–H groups in total. The van der Waals surface area contributed by atoms with Crippen LogP contribution in [-0.2, 0) is 0 Å². The Morgan fingerprint density at radius 2 is 1.61 bits per heavy atom. The smallest absolute Gasteiger partial charge is 0.171 e. The van der Waals surface area contributed by atoms with E-state index in [1.54, 1.807) is 14.2 Å². The Hall–Kier alpha value is -3.05. The van der Waals surface area contributed by atoms with Crippen molar-refractivity contribution in [1.29, 1.82) is 0 Å². The van der Waals surface area contributed by atoms with Crippen molar-refractivity contribution in [2.45, 2.75) is 13.0 Å². The molecule has 0 aliphatic rings. The van der Waals surface area contributed by atoms with E-state index in [1.165, 1.54) is 5.56 Å². The van der Waals surface area contributed by atoms with Gasteiger partial charge in [0, 0.05) is 6.07 Å². The minimum absolute atomic E-state index is 0.0645. The summed E-state index contributed by atoms with van der Waals surface area (Å²) in [6.07, 6.45) is 0. The summed E-state index contributed by atoms with van der Waals surface area (Å²) in [7, 11) is 3.25. The van der Waals surface area contributed by atoms with Crippen LogP contribution in [0.4, 0.5) is 5.69 Å². The van der Waals surface area contributed by atoms with Gasteiger partial charge in [-0.15, -0.1) is 0 Å². The topological polar surface area (TPSA) is 42.5 Å². The second-order valence-electron chi connectivity index (χ2n) is 6.42. The van der Waals surface area contributed by atoms with E-state index in [2.05, 4.69) is 54.0 Å². The number of aryl methyl sites for hydroxylation is 1. The van der Waals surface area contributed by atoms with Crippen LogP contribution >= 0.6 is 12.2 Å². The van der Waals surface area contributed by atoms with Gasteiger partial charge < -0.3 is 20.1 Å². The number of thiocarbonyl (C=S) groups is 1. The van der Waals surface area contributed by atoms with Crippen LogP contribution in [0.3, 0.4) is 0 Å².